The third kappa shape index (κ3) is 7.02. The van der Waals surface area contributed by atoms with Crippen LogP contribution >= 0.6 is 0 Å². The molecule has 0 aromatic carbocycles. The average molecular weight is 170 g/mol. The van der Waals surface area contributed by atoms with E-state index in [9.17, 15) is 4.79 Å². The van der Waals surface area contributed by atoms with Gasteiger partial charge in [0, 0.05) is 6.08 Å². The van der Waals surface area contributed by atoms with Crippen molar-refractivity contribution in [3.63, 3.8) is 0 Å². The fourth-order valence-electron chi connectivity index (χ4n) is 0.554. The van der Waals surface area contributed by atoms with Gasteiger partial charge in [0.1, 0.15) is 0 Å². The van der Waals surface area contributed by atoms with Crippen molar-refractivity contribution < 1.29 is 14.3 Å². The Morgan fingerprint density at radius 2 is 2.25 bits per heavy atom. The van der Waals surface area contributed by atoms with Crippen molar-refractivity contribution in [2.24, 2.45) is 0 Å². The fraction of sp³-hybridized carbons (Fsp3) is 0.444. The molecule has 68 valence electrons. The van der Waals surface area contributed by atoms with E-state index in [2.05, 4.69) is 11.3 Å². The quantitative estimate of drug-likeness (QED) is 0.261. The van der Waals surface area contributed by atoms with Crippen molar-refractivity contribution in [2.75, 3.05) is 19.8 Å². The van der Waals surface area contributed by atoms with Crippen molar-refractivity contribution >= 4 is 5.97 Å². The van der Waals surface area contributed by atoms with Gasteiger partial charge in [-0.1, -0.05) is 12.2 Å². The summed E-state index contributed by atoms with van der Waals surface area (Å²) in [5, 5.41) is 0. The lowest BCUT2D eigenvalue weighted by atomic mass is 10.5. The summed E-state index contributed by atoms with van der Waals surface area (Å²) >= 11 is 0. The number of carbonyl (C=O) groups is 1. The summed E-state index contributed by atoms with van der Waals surface area (Å²) in [7, 11) is 0. The molecular weight excluding hydrogens is 156 g/mol. The number of rotatable bonds is 6. The summed E-state index contributed by atoms with van der Waals surface area (Å²) in [5.41, 5.74) is 0. The van der Waals surface area contributed by atoms with Crippen LogP contribution in [0.25, 0.3) is 0 Å². The van der Waals surface area contributed by atoms with E-state index in [-0.39, 0.29) is 5.97 Å². The monoisotopic (exact) mass is 170 g/mol. The third-order valence-corrected chi connectivity index (χ3v) is 0.990. The molecule has 3 heteroatoms. The van der Waals surface area contributed by atoms with E-state index in [1.54, 1.807) is 19.1 Å². The van der Waals surface area contributed by atoms with Crippen LogP contribution in [-0.4, -0.2) is 25.8 Å². The third-order valence-electron chi connectivity index (χ3n) is 0.990. The summed E-state index contributed by atoms with van der Waals surface area (Å²) in [6.07, 6.45) is 4.62. The number of hydrogen-bond donors (Lipinski definition) is 0. The summed E-state index contributed by atoms with van der Waals surface area (Å²) in [5.74, 6) is -0.334. The van der Waals surface area contributed by atoms with Crippen molar-refractivity contribution in [3.05, 3.63) is 24.8 Å². The maximum absolute atomic E-state index is 10.7. The highest BCUT2D eigenvalue weighted by Crippen LogP contribution is 1.82. The van der Waals surface area contributed by atoms with E-state index >= 15 is 0 Å². The van der Waals surface area contributed by atoms with E-state index in [4.69, 9.17) is 4.74 Å². The van der Waals surface area contributed by atoms with E-state index in [1.807, 2.05) is 0 Å². The van der Waals surface area contributed by atoms with Crippen LogP contribution in [0.4, 0.5) is 0 Å². The molecule has 0 atom stereocenters. The van der Waals surface area contributed by atoms with Crippen molar-refractivity contribution in [1.29, 1.82) is 0 Å². The predicted octanol–water partition coefficient (Wildman–Crippen LogP) is 1.31. The first kappa shape index (κ1) is 10.9. The largest absolute Gasteiger partial charge is 0.463 e. The molecule has 0 aromatic heterocycles. The SMILES string of the molecule is C=CCOC/C=C/C(=O)OCC. The molecule has 0 rings (SSSR count). The smallest absolute Gasteiger partial charge is 0.330 e. The molecule has 0 aromatic rings. The Labute approximate surface area is 72.7 Å². The van der Waals surface area contributed by atoms with Crippen LogP contribution in [0, 0.1) is 0 Å². The Bertz CT molecular complexity index is 161. The Hall–Kier alpha value is -1.09. The normalized spacial score (nSPS) is 10.1. The predicted molar refractivity (Wildman–Crippen MR) is 46.8 cm³/mol. The van der Waals surface area contributed by atoms with Crippen molar-refractivity contribution in [2.45, 2.75) is 6.92 Å². The second kappa shape index (κ2) is 8.01. The fourth-order valence-corrected chi connectivity index (χ4v) is 0.554. The van der Waals surface area contributed by atoms with Gasteiger partial charge in [0.2, 0.25) is 0 Å². The van der Waals surface area contributed by atoms with Crippen LogP contribution in [0.15, 0.2) is 24.8 Å². The zero-order chi connectivity index (χ0) is 9.23. The van der Waals surface area contributed by atoms with Crippen LogP contribution in [0.1, 0.15) is 6.92 Å². The lowest BCUT2D eigenvalue weighted by Gasteiger charge is -1.95. The lowest BCUT2D eigenvalue weighted by molar-refractivity contribution is -0.137. The second-order valence-corrected chi connectivity index (χ2v) is 1.98. The van der Waals surface area contributed by atoms with E-state index in [1.165, 1.54) is 6.08 Å². The van der Waals surface area contributed by atoms with Gasteiger partial charge < -0.3 is 9.47 Å². The summed E-state index contributed by atoms with van der Waals surface area (Å²) in [4.78, 5) is 10.7. The molecule has 0 radical (unpaired) electrons. The van der Waals surface area contributed by atoms with E-state index in [0.717, 1.165) is 0 Å². The van der Waals surface area contributed by atoms with E-state index in [0.29, 0.717) is 19.8 Å². The zero-order valence-electron chi connectivity index (χ0n) is 7.29. The maximum atomic E-state index is 10.7. The zero-order valence-corrected chi connectivity index (χ0v) is 7.29. The van der Waals surface area contributed by atoms with Crippen LogP contribution in [0.2, 0.25) is 0 Å². The average Bonchev–Trinajstić information content (AvgIpc) is 2.05. The van der Waals surface area contributed by atoms with Gasteiger partial charge in [-0.2, -0.15) is 0 Å². The second-order valence-electron chi connectivity index (χ2n) is 1.98. The minimum Gasteiger partial charge on any atom is -0.463 e. The number of hydrogen-bond acceptors (Lipinski definition) is 3. The summed E-state index contributed by atoms with van der Waals surface area (Å²) in [6, 6.07) is 0. The molecule has 12 heavy (non-hydrogen) atoms. The minimum atomic E-state index is -0.334. The van der Waals surface area contributed by atoms with Gasteiger partial charge in [-0.05, 0) is 6.92 Å². The standard InChI is InChI=1S/C9H14O3/c1-3-7-11-8-5-6-9(10)12-4-2/h3,5-6H,1,4,7-8H2,2H3/b6-5+. The molecule has 0 saturated heterocycles. The Balaban J connectivity index is 3.34. The molecule has 0 fully saturated rings. The molecule has 0 heterocycles. The summed E-state index contributed by atoms with van der Waals surface area (Å²) < 4.78 is 9.65. The molecule has 0 amide bonds. The maximum Gasteiger partial charge on any atom is 0.330 e. The highest BCUT2D eigenvalue weighted by Gasteiger charge is 1.90. The van der Waals surface area contributed by atoms with Gasteiger partial charge in [-0.3, -0.25) is 0 Å². The Morgan fingerprint density at radius 1 is 1.50 bits per heavy atom. The van der Waals surface area contributed by atoms with Gasteiger partial charge in [-0.25, -0.2) is 4.79 Å². The number of ether oxygens (including phenoxy) is 2. The first-order chi connectivity index (χ1) is 5.81. The Morgan fingerprint density at radius 3 is 2.83 bits per heavy atom. The molecule has 0 unspecified atom stereocenters. The van der Waals surface area contributed by atoms with Crippen LogP contribution in [0.5, 0.6) is 0 Å². The molecule has 3 nitrogen and oxygen atoms in total. The van der Waals surface area contributed by atoms with Gasteiger partial charge in [0.25, 0.3) is 0 Å². The van der Waals surface area contributed by atoms with Crippen molar-refractivity contribution in [3.8, 4) is 0 Å². The molecule has 0 aliphatic rings. The molecule has 0 spiro atoms. The van der Waals surface area contributed by atoms with Crippen LogP contribution in [-0.2, 0) is 14.3 Å². The molecule has 0 bridgehead atoms. The molecule has 0 aliphatic carbocycles. The highest BCUT2D eigenvalue weighted by atomic mass is 16.5. The van der Waals surface area contributed by atoms with Crippen LogP contribution < -0.4 is 0 Å². The minimum absolute atomic E-state index is 0.334. The molecule has 0 aliphatic heterocycles. The van der Waals surface area contributed by atoms with E-state index < -0.39 is 0 Å². The van der Waals surface area contributed by atoms with Gasteiger partial charge in [-0.15, -0.1) is 6.58 Å². The van der Waals surface area contributed by atoms with Gasteiger partial charge in [0.05, 0.1) is 19.8 Å². The van der Waals surface area contributed by atoms with Gasteiger partial charge >= 0.3 is 5.97 Å². The highest BCUT2D eigenvalue weighted by molar-refractivity contribution is 5.81. The lowest BCUT2D eigenvalue weighted by Crippen LogP contribution is -2.00. The Kier molecular flexibility index (Phi) is 7.28. The number of esters is 1. The first-order valence-electron chi connectivity index (χ1n) is 3.83. The van der Waals surface area contributed by atoms with Crippen LogP contribution in [0.3, 0.4) is 0 Å². The van der Waals surface area contributed by atoms with Gasteiger partial charge in [0.15, 0.2) is 0 Å². The number of carbonyl (C=O) groups excluding carboxylic acids is 1. The van der Waals surface area contributed by atoms with Crippen molar-refractivity contribution in [1.82, 2.24) is 0 Å². The first-order valence-corrected chi connectivity index (χ1v) is 3.83. The molecule has 0 saturated carbocycles. The summed E-state index contributed by atoms with van der Waals surface area (Å²) in [6.45, 7) is 6.55. The molecule has 0 N–H and O–H groups in total. The molecular formula is C9H14O3. The topological polar surface area (TPSA) is 35.5 Å².